The summed E-state index contributed by atoms with van der Waals surface area (Å²) >= 11 is 1.70. The number of rotatable bonds is 7. The summed E-state index contributed by atoms with van der Waals surface area (Å²) in [7, 11) is 0. The van der Waals surface area contributed by atoms with Gasteiger partial charge in [-0.3, -0.25) is 0 Å². The zero-order valence-electron chi connectivity index (χ0n) is 11.1. The second-order valence-corrected chi connectivity index (χ2v) is 5.56. The molecule has 0 saturated carbocycles. The first-order valence-corrected chi connectivity index (χ1v) is 7.72. The van der Waals surface area contributed by atoms with E-state index in [1.54, 1.807) is 11.8 Å². The van der Waals surface area contributed by atoms with Crippen LogP contribution >= 0.6 is 11.8 Å². The van der Waals surface area contributed by atoms with Crippen LogP contribution in [-0.4, -0.2) is 59.5 Å². The first-order chi connectivity index (χ1) is 8.65. The van der Waals surface area contributed by atoms with E-state index in [2.05, 4.69) is 0 Å². The van der Waals surface area contributed by atoms with E-state index in [9.17, 15) is 10.2 Å². The van der Waals surface area contributed by atoms with Crippen molar-refractivity contribution in [2.45, 2.75) is 44.9 Å². The monoisotopic (exact) mass is 279 g/mol. The molecule has 6 heteroatoms. The highest BCUT2D eigenvalue weighted by molar-refractivity contribution is 7.99. The Morgan fingerprint density at radius 1 is 1.28 bits per heavy atom. The molecular weight excluding hydrogens is 254 g/mol. The van der Waals surface area contributed by atoms with Crippen LogP contribution in [0, 0.1) is 5.92 Å². The van der Waals surface area contributed by atoms with Crippen LogP contribution in [0.4, 0.5) is 0 Å². The fraction of sp³-hybridized carbons (Fsp3) is 1.00. The molecule has 0 aliphatic carbocycles. The molecule has 3 unspecified atom stereocenters. The van der Waals surface area contributed by atoms with E-state index < -0.39 is 18.5 Å². The maximum absolute atomic E-state index is 10.1. The smallest absolute Gasteiger partial charge is 0.186 e. The van der Waals surface area contributed by atoms with Crippen molar-refractivity contribution >= 4 is 11.8 Å². The summed E-state index contributed by atoms with van der Waals surface area (Å²) in [5.74, 6) is 1.58. The molecule has 0 amide bonds. The number of ether oxygens (including phenoxy) is 2. The summed E-state index contributed by atoms with van der Waals surface area (Å²) in [4.78, 5) is 0. The summed E-state index contributed by atoms with van der Waals surface area (Å²) in [6.45, 7) is 4.92. The van der Waals surface area contributed by atoms with Crippen LogP contribution in [0.2, 0.25) is 0 Å². The highest BCUT2D eigenvalue weighted by Gasteiger charge is 2.43. The summed E-state index contributed by atoms with van der Waals surface area (Å²) < 4.78 is 11.1. The Morgan fingerprint density at radius 2 is 2.00 bits per heavy atom. The third kappa shape index (κ3) is 4.08. The molecule has 1 rings (SSSR count). The van der Waals surface area contributed by atoms with Gasteiger partial charge in [0.25, 0.3) is 0 Å². The van der Waals surface area contributed by atoms with E-state index >= 15 is 0 Å². The molecule has 18 heavy (non-hydrogen) atoms. The highest BCUT2D eigenvalue weighted by Crippen LogP contribution is 2.30. The molecule has 1 aliphatic rings. The van der Waals surface area contributed by atoms with Crippen molar-refractivity contribution in [2.75, 3.05) is 24.7 Å². The quantitative estimate of drug-likeness (QED) is 0.577. The SMILES string of the molecule is CCO[C@H]1OC(CSCCN)C(CC)[C@H](O)C1O. The molecule has 1 saturated heterocycles. The Kier molecular flexibility index (Phi) is 7.51. The molecule has 0 radical (unpaired) electrons. The molecule has 0 aromatic heterocycles. The first kappa shape index (κ1) is 16.2. The van der Waals surface area contributed by atoms with Gasteiger partial charge in [-0.1, -0.05) is 6.92 Å². The summed E-state index contributed by atoms with van der Waals surface area (Å²) in [6.07, 6.45) is -1.81. The molecule has 0 aromatic carbocycles. The third-order valence-corrected chi connectivity index (χ3v) is 4.29. The van der Waals surface area contributed by atoms with Crippen molar-refractivity contribution in [1.29, 1.82) is 0 Å². The van der Waals surface area contributed by atoms with Gasteiger partial charge in [0.1, 0.15) is 6.10 Å². The zero-order chi connectivity index (χ0) is 13.5. The van der Waals surface area contributed by atoms with Crippen LogP contribution in [0.5, 0.6) is 0 Å². The van der Waals surface area contributed by atoms with E-state index in [0.29, 0.717) is 13.2 Å². The van der Waals surface area contributed by atoms with Crippen molar-refractivity contribution in [2.24, 2.45) is 11.7 Å². The number of aliphatic hydroxyl groups excluding tert-OH is 2. The second-order valence-electron chi connectivity index (χ2n) is 4.42. The lowest BCUT2D eigenvalue weighted by molar-refractivity contribution is -0.280. The molecule has 1 aliphatic heterocycles. The fourth-order valence-corrected chi connectivity index (χ4v) is 3.13. The van der Waals surface area contributed by atoms with Gasteiger partial charge in [-0.15, -0.1) is 0 Å². The minimum Gasteiger partial charge on any atom is -0.390 e. The van der Waals surface area contributed by atoms with E-state index in [0.717, 1.165) is 17.9 Å². The predicted molar refractivity (Wildman–Crippen MR) is 72.5 cm³/mol. The summed E-state index contributed by atoms with van der Waals surface area (Å²) in [6, 6.07) is 0. The van der Waals surface area contributed by atoms with Crippen molar-refractivity contribution in [3.63, 3.8) is 0 Å². The van der Waals surface area contributed by atoms with E-state index in [4.69, 9.17) is 15.2 Å². The topological polar surface area (TPSA) is 84.9 Å². The van der Waals surface area contributed by atoms with Crippen molar-refractivity contribution in [3.8, 4) is 0 Å². The van der Waals surface area contributed by atoms with Gasteiger partial charge in [0.2, 0.25) is 0 Å². The average Bonchev–Trinajstić information content (AvgIpc) is 2.36. The number of hydrogen-bond acceptors (Lipinski definition) is 6. The van der Waals surface area contributed by atoms with Crippen LogP contribution in [0.3, 0.4) is 0 Å². The lowest BCUT2D eigenvalue weighted by Gasteiger charge is -2.42. The van der Waals surface area contributed by atoms with Crippen LogP contribution in [0.25, 0.3) is 0 Å². The molecule has 1 fully saturated rings. The van der Waals surface area contributed by atoms with Crippen LogP contribution in [-0.2, 0) is 9.47 Å². The Labute approximate surface area is 113 Å². The Balaban J connectivity index is 2.60. The lowest BCUT2D eigenvalue weighted by atomic mass is 9.87. The molecule has 0 bridgehead atoms. The largest absolute Gasteiger partial charge is 0.390 e. The van der Waals surface area contributed by atoms with Gasteiger partial charge in [-0.2, -0.15) is 11.8 Å². The zero-order valence-corrected chi connectivity index (χ0v) is 11.9. The first-order valence-electron chi connectivity index (χ1n) is 6.56. The van der Waals surface area contributed by atoms with Gasteiger partial charge in [-0.25, -0.2) is 0 Å². The number of nitrogens with two attached hydrogens (primary N) is 1. The lowest BCUT2D eigenvalue weighted by Crippen LogP contribution is -2.55. The van der Waals surface area contributed by atoms with Crippen molar-refractivity contribution < 1.29 is 19.7 Å². The maximum Gasteiger partial charge on any atom is 0.186 e. The molecule has 108 valence electrons. The second kappa shape index (κ2) is 8.35. The number of hydrogen-bond donors (Lipinski definition) is 3. The van der Waals surface area contributed by atoms with Gasteiger partial charge in [0.15, 0.2) is 6.29 Å². The van der Waals surface area contributed by atoms with E-state index in [1.807, 2.05) is 13.8 Å². The average molecular weight is 279 g/mol. The van der Waals surface area contributed by atoms with Gasteiger partial charge >= 0.3 is 0 Å². The molecule has 0 aromatic rings. The normalized spacial score (nSPS) is 36.8. The van der Waals surface area contributed by atoms with Crippen LogP contribution < -0.4 is 5.73 Å². The molecule has 4 N–H and O–H groups in total. The molecule has 5 nitrogen and oxygen atoms in total. The molecular formula is C12H25NO4S. The van der Waals surface area contributed by atoms with Crippen LogP contribution in [0.15, 0.2) is 0 Å². The molecule has 1 heterocycles. The van der Waals surface area contributed by atoms with E-state index in [1.165, 1.54) is 0 Å². The van der Waals surface area contributed by atoms with Crippen LogP contribution in [0.1, 0.15) is 20.3 Å². The Hall–Kier alpha value is 0.150. The van der Waals surface area contributed by atoms with E-state index in [-0.39, 0.29) is 12.0 Å². The predicted octanol–water partition coefficient (Wildman–Crippen LogP) is 0.188. The third-order valence-electron chi connectivity index (χ3n) is 3.20. The summed E-state index contributed by atoms with van der Waals surface area (Å²) in [5, 5.41) is 20.1. The standard InChI is InChI=1S/C12H25NO4S/c1-3-8-9(7-18-6-5-13)17-12(16-4-2)11(15)10(8)14/h8-12,14-15H,3-7,13H2,1-2H3/t8?,9?,10-,11?,12-/m0/s1. The van der Waals surface area contributed by atoms with Gasteiger partial charge in [0, 0.05) is 30.6 Å². The molecule has 0 spiro atoms. The minimum absolute atomic E-state index is 0.0537. The minimum atomic E-state index is -0.967. The number of thioether (sulfide) groups is 1. The maximum atomic E-state index is 10.1. The molecule has 5 atom stereocenters. The number of aliphatic hydroxyl groups is 2. The summed E-state index contributed by atoms with van der Waals surface area (Å²) in [5.41, 5.74) is 5.46. The van der Waals surface area contributed by atoms with Crippen molar-refractivity contribution in [1.82, 2.24) is 0 Å². The Bertz CT molecular complexity index is 230. The highest BCUT2D eigenvalue weighted by atomic mass is 32.2. The van der Waals surface area contributed by atoms with Gasteiger partial charge in [-0.05, 0) is 13.3 Å². The fourth-order valence-electron chi connectivity index (χ4n) is 2.24. The Morgan fingerprint density at radius 3 is 2.56 bits per heavy atom. The van der Waals surface area contributed by atoms with Crippen molar-refractivity contribution in [3.05, 3.63) is 0 Å². The van der Waals surface area contributed by atoms with Gasteiger partial charge in [0.05, 0.1) is 12.2 Å². The van der Waals surface area contributed by atoms with Gasteiger partial charge < -0.3 is 25.4 Å².